The molecule has 0 spiro atoms. The lowest BCUT2D eigenvalue weighted by atomic mass is 10.1. The number of aryl methyl sites for hydroxylation is 2. The summed E-state index contributed by atoms with van der Waals surface area (Å²) in [6.45, 7) is 5.15. The highest BCUT2D eigenvalue weighted by Crippen LogP contribution is 2.32. The normalized spacial score (nSPS) is 13.6. The first kappa shape index (κ1) is 20.2. The second-order valence-electron chi connectivity index (χ2n) is 6.94. The summed E-state index contributed by atoms with van der Waals surface area (Å²) in [6, 6.07) is 5.72. The van der Waals surface area contributed by atoms with E-state index in [0.717, 1.165) is 38.4 Å². The average molecular weight is 437 g/mol. The lowest BCUT2D eigenvalue weighted by molar-refractivity contribution is 0.0768. The maximum absolute atomic E-state index is 12.7. The molecule has 0 saturated carbocycles. The maximum Gasteiger partial charge on any atom is 0.255 e. The standard InChI is InChI=1S/C21H20N6OS2/c1-13-19(30-14(2)24-13)17-12-29-21(25-17)26-18-4-3-16(11-23-18)20(28)27-9-6-15(5-8-22)7-10-27/h3-4,6,11-12H,5,7,9-10H2,1-2H3,(H,23,25,26). The van der Waals surface area contributed by atoms with Gasteiger partial charge in [0.2, 0.25) is 0 Å². The van der Waals surface area contributed by atoms with Gasteiger partial charge in [-0.05, 0) is 32.4 Å². The van der Waals surface area contributed by atoms with Gasteiger partial charge in [0.25, 0.3) is 5.91 Å². The molecule has 0 unspecified atom stereocenters. The zero-order chi connectivity index (χ0) is 21.1. The molecule has 0 aliphatic carbocycles. The lowest BCUT2D eigenvalue weighted by Gasteiger charge is -2.25. The molecule has 0 atom stereocenters. The molecule has 1 aliphatic heterocycles. The Bertz CT molecular complexity index is 1140. The summed E-state index contributed by atoms with van der Waals surface area (Å²) in [5.41, 5.74) is 3.55. The van der Waals surface area contributed by atoms with Gasteiger partial charge < -0.3 is 10.2 Å². The summed E-state index contributed by atoms with van der Waals surface area (Å²) >= 11 is 3.14. The molecule has 152 valence electrons. The molecular formula is C21H20N6OS2. The highest BCUT2D eigenvalue weighted by atomic mass is 32.1. The van der Waals surface area contributed by atoms with E-state index in [9.17, 15) is 4.79 Å². The van der Waals surface area contributed by atoms with E-state index in [4.69, 9.17) is 5.26 Å². The molecule has 0 bridgehead atoms. The molecule has 1 aliphatic rings. The van der Waals surface area contributed by atoms with E-state index < -0.39 is 0 Å². The molecule has 1 N–H and O–H groups in total. The second kappa shape index (κ2) is 8.73. The van der Waals surface area contributed by atoms with Crippen molar-refractivity contribution in [2.45, 2.75) is 26.7 Å². The monoisotopic (exact) mass is 436 g/mol. The fraction of sp³-hybridized carbons (Fsp3) is 0.286. The van der Waals surface area contributed by atoms with E-state index in [2.05, 4.69) is 26.3 Å². The molecule has 9 heteroatoms. The molecule has 30 heavy (non-hydrogen) atoms. The number of pyridine rings is 1. The Balaban J connectivity index is 1.40. The van der Waals surface area contributed by atoms with Gasteiger partial charge in [0.15, 0.2) is 5.13 Å². The van der Waals surface area contributed by atoms with Crippen molar-refractivity contribution in [2.75, 3.05) is 18.4 Å². The number of aromatic nitrogens is 3. The van der Waals surface area contributed by atoms with Crippen molar-refractivity contribution in [1.82, 2.24) is 19.9 Å². The largest absolute Gasteiger partial charge is 0.335 e. The molecule has 0 radical (unpaired) electrons. The lowest BCUT2D eigenvalue weighted by Crippen LogP contribution is -2.34. The zero-order valence-corrected chi connectivity index (χ0v) is 18.3. The van der Waals surface area contributed by atoms with Crippen molar-refractivity contribution in [3.8, 4) is 16.6 Å². The van der Waals surface area contributed by atoms with E-state index in [-0.39, 0.29) is 5.91 Å². The van der Waals surface area contributed by atoms with Gasteiger partial charge in [-0.15, -0.1) is 22.7 Å². The van der Waals surface area contributed by atoms with Crippen molar-refractivity contribution in [2.24, 2.45) is 0 Å². The van der Waals surface area contributed by atoms with Crippen molar-refractivity contribution in [3.05, 3.63) is 51.6 Å². The molecule has 3 aromatic rings. The Kier molecular flexibility index (Phi) is 5.88. The van der Waals surface area contributed by atoms with Crippen molar-refractivity contribution in [3.63, 3.8) is 0 Å². The summed E-state index contributed by atoms with van der Waals surface area (Å²) in [5, 5.41) is 15.8. The van der Waals surface area contributed by atoms with Gasteiger partial charge >= 0.3 is 0 Å². The third-order valence-electron chi connectivity index (χ3n) is 4.78. The average Bonchev–Trinajstić information content (AvgIpc) is 3.34. The van der Waals surface area contributed by atoms with Crippen LogP contribution in [0.2, 0.25) is 0 Å². The van der Waals surface area contributed by atoms with Gasteiger partial charge in [-0.3, -0.25) is 4.79 Å². The first-order chi connectivity index (χ1) is 14.5. The summed E-state index contributed by atoms with van der Waals surface area (Å²) in [4.78, 5) is 29.0. The van der Waals surface area contributed by atoms with Crippen LogP contribution >= 0.6 is 22.7 Å². The quantitative estimate of drug-likeness (QED) is 0.582. The van der Waals surface area contributed by atoms with E-state index in [1.165, 1.54) is 11.3 Å². The van der Waals surface area contributed by atoms with Gasteiger partial charge in [-0.2, -0.15) is 5.26 Å². The van der Waals surface area contributed by atoms with Crippen LogP contribution in [0, 0.1) is 25.2 Å². The van der Waals surface area contributed by atoms with Gasteiger partial charge in [-0.1, -0.05) is 11.6 Å². The van der Waals surface area contributed by atoms with Crippen LogP contribution in [-0.2, 0) is 0 Å². The number of anilines is 2. The molecule has 7 nitrogen and oxygen atoms in total. The maximum atomic E-state index is 12.7. The molecule has 4 heterocycles. The number of nitrogens with zero attached hydrogens (tertiary/aromatic N) is 5. The number of nitrogens with one attached hydrogen (secondary N) is 1. The van der Waals surface area contributed by atoms with Crippen LogP contribution in [0.25, 0.3) is 10.6 Å². The van der Waals surface area contributed by atoms with Crippen LogP contribution in [0.4, 0.5) is 10.9 Å². The first-order valence-corrected chi connectivity index (χ1v) is 11.2. The third-order valence-corrected chi connectivity index (χ3v) is 6.64. The van der Waals surface area contributed by atoms with Crippen LogP contribution in [0.1, 0.15) is 33.9 Å². The fourth-order valence-corrected chi connectivity index (χ4v) is 4.91. The number of rotatable bonds is 5. The van der Waals surface area contributed by atoms with E-state index in [1.807, 2.05) is 25.3 Å². The van der Waals surface area contributed by atoms with Gasteiger partial charge in [0.1, 0.15) is 5.82 Å². The fourth-order valence-electron chi connectivity index (χ4n) is 3.25. The highest BCUT2D eigenvalue weighted by molar-refractivity contribution is 7.16. The Labute approximate surface area is 182 Å². The first-order valence-electron chi connectivity index (χ1n) is 9.50. The van der Waals surface area contributed by atoms with E-state index in [0.29, 0.717) is 30.9 Å². The number of carbonyl (C=O) groups excluding carboxylic acids is 1. The van der Waals surface area contributed by atoms with Crippen LogP contribution in [0.5, 0.6) is 0 Å². The minimum Gasteiger partial charge on any atom is -0.335 e. The van der Waals surface area contributed by atoms with Crippen molar-refractivity contribution < 1.29 is 4.79 Å². The molecule has 3 aromatic heterocycles. The van der Waals surface area contributed by atoms with Gasteiger partial charge in [0, 0.05) is 24.7 Å². The number of amides is 1. The van der Waals surface area contributed by atoms with E-state index >= 15 is 0 Å². The Hall–Kier alpha value is -3.09. The highest BCUT2D eigenvalue weighted by Gasteiger charge is 2.19. The molecule has 4 rings (SSSR count). The van der Waals surface area contributed by atoms with Crippen LogP contribution in [0.3, 0.4) is 0 Å². The second-order valence-corrected chi connectivity index (χ2v) is 9.00. The van der Waals surface area contributed by atoms with Gasteiger partial charge in [0.05, 0.1) is 39.3 Å². The zero-order valence-electron chi connectivity index (χ0n) is 16.7. The van der Waals surface area contributed by atoms with Crippen LogP contribution in [-0.4, -0.2) is 38.8 Å². The number of nitriles is 1. The number of hydrogen-bond donors (Lipinski definition) is 1. The Morgan fingerprint density at radius 3 is 2.83 bits per heavy atom. The van der Waals surface area contributed by atoms with Crippen molar-refractivity contribution >= 4 is 39.5 Å². The minimum atomic E-state index is -0.0473. The molecule has 0 fully saturated rings. The van der Waals surface area contributed by atoms with Crippen LogP contribution < -0.4 is 5.32 Å². The van der Waals surface area contributed by atoms with Crippen LogP contribution in [0.15, 0.2) is 35.4 Å². The SMILES string of the molecule is Cc1nc(C)c(-c2csc(Nc3ccc(C(=O)N4CC=C(CC#N)CC4)cn3)n2)s1. The summed E-state index contributed by atoms with van der Waals surface area (Å²) < 4.78 is 0. The molecule has 0 saturated heterocycles. The van der Waals surface area contributed by atoms with Crippen molar-refractivity contribution in [1.29, 1.82) is 5.26 Å². The summed E-state index contributed by atoms with van der Waals surface area (Å²) in [6.07, 6.45) is 4.74. The third kappa shape index (κ3) is 4.40. The summed E-state index contributed by atoms with van der Waals surface area (Å²) in [7, 11) is 0. The number of thiazole rings is 2. The topological polar surface area (TPSA) is 94.8 Å². The van der Waals surface area contributed by atoms with Gasteiger partial charge in [-0.25, -0.2) is 15.0 Å². The minimum absolute atomic E-state index is 0.0473. The smallest absolute Gasteiger partial charge is 0.255 e. The Morgan fingerprint density at radius 1 is 1.33 bits per heavy atom. The molecular weight excluding hydrogens is 416 g/mol. The predicted molar refractivity (Wildman–Crippen MR) is 119 cm³/mol. The molecule has 0 aromatic carbocycles. The van der Waals surface area contributed by atoms with E-state index in [1.54, 1.807) is 34.6 Å². The Morgan fingerprint density at radius 2 is 2.20 bits per heavy atom. The predicted octanol–water partition coefficient (Wildman–Crippen LogP) is 4.71. The number of carbonyl (C=O) groups is 1. The summed E-state index contributed by atoms with van der Waals surface area (Å²) in [5.74, 6) is 0.591. The number of hydrogen-bond acceptors (Lipinski definition) is 8. The molecule has 1 amide bonds.